The molecule has 0 bridgehead atoms. The van der Waals surface area contributed by atoms with Crippen LogP contribution in [0.1, 0.15) is 43.6 Å². The van der Waals surface area contributed by atoms with E-state index in [2.05, 4.69) is 60.7 Å². The van der Waals surface area contributed by atoms with Gasteiger partial charge in [0, 0.05) is 24.4 Å². The van der Waals surface area contributed by atoms with Gasteiger partial charge in [0.05, 0.1) is 11.2 Å². The topological polar surface area (TPSA) is 24.9 Å². The maximum Gasteiger partial charge on any atom is 0.0794 e. The van der Waals surface area contributed by atoms with Crippen molar-refractivity contribution >= 4 is 11.3 Å². The van der Waals surface area contributed by atoms with Gasteiger partial charge >= 0.3 is 0 Å². The van der Waals surface area contributed by atoms with E-state index in [1.165, 1.54) is 16.8 Å². The van der Waals surface area contributed by atoms with Gasteiger partial charge in [-0.05, 0) is 30.4 Å². The minimum absolute atomic E-state index is 0.390. The van der Waals surface area contributed by atoms with Crippen LogP contribution in [0, 0.1) is 5.92 Å². The van der Waals surface area contributed by atoms with E-state index < -0.39 is 0 Å². The summed E-state index contributed by atoms with van der Waals surface area (Å²) < 4.78 is 0. The summed E-state index contributed by atoms with van der Waals surface area (Å²) in [6.45, 7) is 7.71. The predicted molar refractivity (Wildman–Crippen MR) is 87.2 cm³/mol. The molecule has 20 heavy (non-hydrogen) atoms. The first-order valence-electron chi connectivity index (χ1n) is 7.34. The Labute approximate surface area is 126 Å². The van der Waals surface area contributed by atoms with Crippen molar-refractivity contribution in [1.82, 2.24) is 10.3 Å². The first kappa shape index (κ1) is 15.2. The van der Waals surface area contributed by atoms with Crippen molar-refractivity contribution in [3.05, 3.63) is 52.0 Å². The second-order valence-electron chi connectivity index (χ2n) is 5.75. The highest BCUT2D eigenvalue weighted by atomic mass is 32.1. The van der Waals surface area contributed by atoms with Gasteiger partial charge in [0.25, 0.3) is 0 Å². The Hall–Kier alpha value is -1.19. The number of hydrogen-bond donors (Lipinski definition) is 1. The van der Waals surface area contributed by atoms with E-state index in [-0.39, 0.29) is 0 Å². The van der Waals surface area contributed by atoms with Crippen LogP contribution in [0.2, 0.25) is 0 Å². The van der Waals surface area contributed by atoms with Gasteiger partial charge in [-0.1, -0.05) is 38.1 Å². The highest BCUT2D eigenvalue weighted by Gasteiger charge is 2.05. The zero-order valence-electron chi connectivity index (χ0n) is 12.6. The van der Waals surface area contributed by atoms with Gasteiger partial charge in [-0.15, -0.1) is 11.3 Å². The molecule has 0 spiro atoms. The minimum atomic E-state index is 0.390. The lowest BCUT2D eigenvalue weighted by atomic mass is 10.00. The fourth-order valence-corrected chi connectivity index (χ4v) is 2.90. The minimum Gasteiger partial charge on any atom is -0.310 e. The zero-order valence-corrected chi connectivity index (χ0v) is 13.4. The quantitative estimate of drug-likeness (QED) is 0.824. The van der Waals surface area contributed by atoms with Crippen LogP contribution in [0.5, 0.6) is 0 Å². The molecule has 0 aliphatic carbocycles. The second-order valence-corrected chi connectivity index (χ2v) is 6.46. The first-order valence-corrected chi connectivity index (χ1v) is 8.28. The Balaban J connectivity index is 1.81. The molecule has 0 saturated carbocycles. The van der Waals surface area contributed by atoms with Crippen LogP contribution in [0.4, 0.5) is 0 Å². The van der Waals surface area contributed by atoms with Crippen molar-refractivity contribution in [3.8, 4) is 0 Å². The van der Waals surface area contributed by atoms with E-state index in [9.17, 15) is 0 Å². The van der Waals surface area contributed by atoms with Gasteiger partial charge in [0.15, 0.2) is 0 Å². The van der Waals surface area contributed by atoms with Crippen LogP contribution >= 0.6 is 11.3 Å². The third-order valence-corrected chi connectivity index (χ3v) is 4.07. The fourth-order valence-electron chi connectivity index (χ4n) is 2.31. The van der Waals surface area contributed by atoms with Crippen molar-refractivity contribution in [1.29, 1.82) is 0 Å². The van der Waals surface area contributed by atoms with Gasteiger partial charge in [-0.2, -0.15) is 0 Å². The smallest absolute Gasteiger partial charge is 0.0794 e. The lowest BCUT2D eigenvalue weighted by Crippen LogP contribution is -2.21. The van der Waals surface area contributed by atoms with Crippen molar-refractivity contribution in [2.45, 2.75) is 39.7 Å². The molecule has 1 heterocycles. The average molecular weight is 288 g/mol. The van der Waals surface area contributed by atoms with Crippen LogP contribution < -0.4 is 5.32 Å². The van der Waals surface area contributed by atoms with Crippen LogP contribution in [-0.4, -0.2) is 11.5 Å². The van der Waals surface area contributed by atoms with E-state index in [1.54, 1.807) is 11.3 Å². The summed E-state index contributed by atoms with van der Waals surface area (Å²) in [5.41, 5.74) is 5.86. The normalized spacial score (nSPS) is 12.8. The maximum atomic E-state index is 4.30. The summed E-state index contributed by atoms with van der Waals surface area (Å²) >= 11 is 1.66. The van der Waals surface area contributed by atoms with Crippen molar-refractivity contribution in [3.63, 3.8) is 0 Å². The molecule has 1 aromatic heterocycles. The predicted octanol–water partition coefficient (Wildman–Crippen LogP) is 4.23. The lowest BCUT2D eigenvalue weighted by molar-refractivity contribution is 0.574. The summed E-state index contributed by atoms with van der Waals surface area (Å²) in [6, 6.07) is 9.40. The largest absolute Gasteiger partial charge is 0.310 e. The average Bonchev–Trinajstić information content (AvgIpc) is 2.92. The van der Waals surface area contributed by atoms with Crippen LogP contribution in [-0.2, 0) is 12.8 Å². The molecule has 2 aromatic rings. The summed E-state index contributed by atoms with van der Waals surface area (Å²) in [5, 5.41) is 5.68. The number of hydrogen-bond acceptors (Lipinski definition) is 3. The lowest BCUT2D eigenvalue weighted by Gasteiger charge is -2.15. The monoisotopic (exact) mass is 288 g/mol. The number of nitrogens with zero attached hydrogens (tertiary/aromatic N) is 1. The third-order valence-electron chi connectivity index (χ3n) is 3.44. The molecule has 1 aromatic carbocycles. The van der Waals surface area contributed by atoms with Gasteiger partial charge in [-0.3, -0.25) is 0 Å². The van der Waals surface area contributed by atoms with Crippen molar-refractivity contribution in [2.24, 2.45) is 5.92 Å². The summed E-state index contributed by atoms with van der Waals surface area (Å²) in [7, 11) is 0. The summed E-state index contributed by atoms with van der Waals surface area (Å²) in [6.07, 6.45) is 2.16. The van der Waals surface area contributed by atoms with Crippen LogP contribution in [0.3, 0.4) is 0 Å². The summed E-state index contributed by atoms with van der Waals surface area (Å²) in [5.74, 6) is 0.717. The Morgan fingerprint density at radius 2 is 1.90 bits per heavy atom. The molecule has 3 heteroatoms. The maximum absolute atomic E-state index is 4.30. The summed E-state index contributed by atoms with van der Waals surface area (Å²) in [4.78, 5) is 4.30. The highest BCUT2D eigenvalue weighted by molar-refractivity contribution is 7.07. The molecule has 0 amide bonds. The molecule has 2 rings (SSSR count). The molecule has 0 radical (unpaired) electrons. The van der Waals surface area contributed by atoms with E-state index in [0.29, 0.717) is 6.04 Å². The number of benzene rings is 1. The Bertz CT molecular complexity index is 488. The zero-order chi connectivity index (χ0) is 14.4. The Kier molecular flexibility index (Phi) is 5.74. The molecule has 0 fully saturated rings. The number of nitrogens with one attached hydrogen (secondary N) is 1. The van der Waals surface area contributed by atoms with Gasteiger partial charge in [0.2, 0.25) is 0 Å². The van der Waals surface area contributed by atoms with Gasteiger partial charge < -0.3 is 5.32 Å². The third kappa shape index (κ3) is 4.73. The molecule has 108 valence electrons. The Morgan fingerprint density at radius 1 is 1.15 bits per heavy atom. The number of rotatable bonds is 7. The molecule has 0 aliphatic heterocycles. The van der Waals surface area contributed by atoms with Gasteiger partial charge in [0.1, 0.15) is 0 Å². The SMILES string of the molecule is CC(C)Cc1ccc(C(C)NCCc2cscn2)cc1. The van der Waals surface area contributed by atoms with E-state index in [1.807, 2.05) is 5.51 Å². The second kappa shape index (κ2) is 7.55. The first-order chi connectivity index (χ1) is 9.65. The Morgan fingerprint density at radius 3 is 2.50 bits per heavy atom. The fraction of sp³-hybridized carbons (Fsp3) is 0.471. The van der Waals surface area contributed by atoms with Crippen LogP contribution in [0.15, 0.2) is 35.2 Å². The molecular formula is C17H24N2S. The van der Waals surface area contributed by atoms with Gasteiger partial charge in [-0.25, -0.2) is 4.98 Å². The molecule has 0 saturated heterocycles. The molecule has 1 unspecified atom stereocenters. The standard InChI is InChI=1S/C17H24N2S/c1-13(2)10-15-4-6-16(7-5-15)14(3)18-9-8-17-11-20-12-19-17/h4-7,11-14,18H,8-10H2,1-3H3. The number of thiazole rings is 1. The van der Waals surface area contributed by atoms with E-state index >= 15 is 0 Å². The molecule has 1 N–H and O–H groups in total. The van der Waals surface area contributed by atoms with E-state index in [4.69, 9.17) is 0 Å². The van der Waals surface area contributed by atoms with Crippen LogP contribution in [0.25, 0.3) is 0 Å². The molecule has 0 aliphatic rings. The molecule has 2 nitrogen and oxygen atoms in total. The van der Waals surface area contributed by atoms with E-state index in [0.717, 1.165) is 25.3 Å². The molecular weight excluding hydrogens is 264 g/mol. The highest BCUT2D eigenvalue weighted by Crippen LogP contribution is 2.15. The van der Waals surface area contributed by atoms with Crippen molar-refractivity contribution in [2.75, 3.05) is 6.54 Å². The molecule has 1 atom stereocenters. The number of aromatic nitrogens is 1. The van der Waals surface area contributed by atoms with Crippen molar-refractivity contribution < 1.29 is 0 Å².